The van der Waals surface area contributed by atoms with Gasteiger partial charge in [-0.05, 0) is 49.4 Å². The quantitative estimate of drug-likeness (QED) is 0.491. The maximum atomic E-state index is 12.6. The number of aromatic nitrogens is 3. The Labute approximate surface area is 187 Å². The van der Waals surface area contributed by atoms with Crippen molar-refractivity contribution in [2.75, 3.05) is 21.7 Å². The molecule has 1 aliphatic heterocycles. The van der Waals surface area contributed by atoms with E-state index in [-0.39, 0.29) is 23.5 Å². The molecule has 4 rings (SSSR count). The average molecular weight is 452 g/mol. The van der Waals surface area contributed by atoms with Gasteiger partial charge < -0.3 is 25.3 Å². The van der Waals surface area contributed by atoms with Crippen molar-refractivity contribution in [1.82, 2.24) is 14.8 Å². The van der Waals surface area contributed by atoms with Gasteiger partial charge in [0.1, 0.15) is 12.1 Å². The highest BCUT2D eigenvalue weighted by atomic mass is 32.2. The Kier molecular flexibility index (Phi) is 6.08. The second kappa shape index (κ2) is 9.10. The summed E-state index contributed by atoms with van der Waals surface area (Å²) in [5, 5.41) is 16.6. The highest BCUT2D eigenvalue weighted by molar-refractivity contribution is 7.99. The summed E-state index contributed by atoms with van der Waals surface area (Å²) in [5.74, 6) is -0.0207. The van der Waals surface area contributed by atoms with Crippen LogP contribution in [-0.2, 0) is 16.6 Å². The molecule has 1 unspecified atom stereocenters. The minimum Gasteiger partial charge on any atom is -0.479 e. The molecule has 10 nitrogen and oxygen atoms in total. The van der Waals surface area contributed by atoms with Gasteiger partial charge in [0.05, 0.1) is 11.4 Å². The van der Waals surface area contributed by atoms with Crippen molar-refractivity contribution >= 4 is 46.5 Å². The number of nitrogens with zero attached hydrogens (tertiary/aromatic N) is 3. The molecule has 3 N–H and O–H groups in total. The third-order valence-corrected chi connectivity index (χ3v) is 5.64. The first-order valence-corrected chi connectivity index (χ1v) is 10.7. The summed E-state index contributed by atoms with van der Waals surface area (Å²) < 4.78 is 7.24. The molecule has 1 atom stereocenters. The molecule has 3 aromatic rings. The number of amides is 3. The van der Waals surface area contributed by atoms with Crippen molar-refractivity contribution in [2.24, 2.45) is 7.05 Å². The normalized spacial score (nSPS) is 14.7. The van der Waals surface area contributed by atoms with Crippen molar-refractivity contribution in [3.63, 3.8) is 0 Å². The van der Waals surface area contributed by atoms with Crippen LogP contribution >= 0.6 is 11.8 Å². The van der Waals surface area contributed by atoms with Crippen LogP contribution in [0.1, 0.15) is 17.3 Å². The van der Waals surface area contributed by atoms with Crippen LogP contribution in [0, 0.1) is 0 Å². The van der Waals surface area contributed by atoms with E-state index in [2.05, 4.69) is 26.1 Å². The fourth-order valence-corrected chi connectivity index (χ4v) is 3.61. The van der Waals surface area contributed by atoms with Gasteiger partial charge in [-0.15, -0.1) is 10.2 Å². The molecule has 0 bridgehead atoms. The van der Waals surface area contributed by atoms with Crippen LogP contribution in [0.25, 0.3) is 0 Å². The Morgan fingerprint density at radius 2 is 1.91 bits per heavy atom. The second-order valence-corrected chi connectivity index (χ2v) is 8.00. The van der Waals surface area contributed by atoms with Gasteiger partial charge in [-0.3, -0.25) is 14.4 Å². The van der Waals surface area contributed by atoms with Gasteiger partial charge in [0.25, 0.3) is 11.8 Å². The lowest BCUT2D eigenvalue weighted by Crippen LogP contribution is -2.34. The van der Waals surface area contributed by atoms with Crippen LogP contribution in [0.5, 0.6) is 5.75 Å². The first-order chi connectivity index (χ1) is 15.4. The summed E-state index contributed by atoms with van der Waals surface area (Å²) in [6.45, 7) is 1.66. The van der Waals surface area contributed by atoms with Crippen LogP contribution in [0.15, 0.2) is 53.9 Å². The number of carbonyl (C=O) groups excluding carboxylic acids is 3. The lowest BCUT2D eigenvalue weighted by molar-refractivity contribution is -0.122. The number of benzene rings is 2. The monoisotopic (exact) mass is 452 g/mol. The third kappa shape index (κ3) is 4.89. The molecule has 2 heterocycles. The van der Waals surface area contributed by atoms with E-state index in [9.17, 15) is 14.4 Å². The first-order valence-electron chi connectivity index (χ1n) is 9.68. The number of rotatable bonds is 6. The number of aryl methyl sites for hydroxylation is 1. The Balaban J connectivity index is 1.33. The molecule has 2 aromatic carbocycles. The number of carbonyl (C=O) groups is 3. The number of nitrogens with one attached hydrogen (secondary N) is 3. The van der Waals surface area contributed by atoms with Crippen LogP contribution in [0.4, 0.5) is 17.1 Å². The Hall–Kier alpha value is -3.86. The van der Waals surface area contributed by atoms with Crippen molar-refractivity contribution < 1.29 is 19.1 Å². The molecule has 164 valence electrons. The van der Waals surface area contributed by atoms with E-state index in [1.165, 1.54) is 11.8 Å². The van der Waals surface area contributed by atoms with Gasteiger partial charge in [0.2, 0.25) is 5.91 Å². The molecule has 0 saturated carbocycles. The number of thioether (sulfide) groups is 1. The van der Waals surface area contributed by atoms with E-state index in [1.54, 1.807) is 67.3 Å². The third-order valence-electron chi connectivity index (χ3n) is 4.60. The zero-order valence-corrected chi connectivity index (χ0v) is 18.1. The predicted octanol–water partition coefficient (Wildman–Crippen LogP) is 2.52. The summed E-state index contributed by atoms with van der Waals surface area (Å²) >= 11 is 1.28. The molecule has 0 fully saturated rings. The molecule has 0 aliphatic carbocycles. The van der Waals surface area contributed by atoms with Gasteiger partial charge in [-0.2, -0.15) is 0 Å². The maximum absolute atomic E-state index is 12.6. The molecule has 0 spiro atoms. The standard InChI is InChI=1S/C21H20N6O4S/c1-12-19(29)25-16-9-15(7-8-17(16)31-12)24-20(30)13-3-5-14(6-4-13)23-18(28)10-32-21-26-22-11-27(21)2/h3-9,11-12H,10H2,1-2H3,(H,23,28)(H,24,30)(H,25,29). The van der Waals surface area contributed by atoms with Crippen molar-refractivity contribution in [1.29, 1.82) is 0 Å². The van der Waals surface area contributed by atoms with Crippen LogP contribution in [0.3, 0.4) is 0 Å². The van der Waals surface area contributed by atoms with Crippen LogP contribution in [-0.4, -0.2) is 44.3 Å². The number of hydrogen-bond acceptors (Lipinski definition) is 7. The smallest absolute Gasteiger partial charge is 0.265 e. The summed E-state index contributed by atoms with van der Waals surface area (Å²) in [4.78, 5) is 36.5. The number of anilines is 3. The van der Waals surface area contributed by atoms with E-state index in [1.807, 2.05) is 0 Å². The minimum atomic E-state index is -0.563. The highest BCUT2D eigenvalue weighted by Crippen LogP contribution is 2.32. The molecular formula is C21H20N6O4S. The number of hydrogen-bond donors (Lipinski definition) is 3. The Morgan fingerprint density at radius 1 is 1.16 bits per heavy atom. The topological polar surface area (TPSA) is 127 Å². The van der Waals surface area contributed by atoms with E-state index < -0.39 is 6.10 Å². The Bertz CT molecular complexity index is 1180. The molecular weight excluding hydrogens is 432 g/mol. The summed E-state index contributed by atoms with van der Waals surface area (Å²) in [6, 6.07) is 11.6. The van der Waals surface area contributed by atoms with E-state index in [4.69, 9.17) is 4.74 Å². The molecule has 32 heavy (non-hydrogen) atoms. The van der Waals surface area contributed by atoms with Crippen molar-refractivity contribution in [2.45, 2.75) is 18.2 Å². The molecule has 0 saturated heterocycles. The average Bonchev–Trinajstić information content (AvgIpc) is 3.18. The molecule has 1 aliphatic rings. The molecule has 1 aromatic heterocycles. The summed E-state index contributed by atoms with van der Waals surface area (Å²) in [7, 11) is 1.80. The summed E-state index contributed by atoms with van der Waals surface area (Å²) in [5.41, 5.74) is 2.02. The van der Waals surface area contributed by atoms with E-state index in [0.29, 0.717) is 33.5 Å². The lowest BCUT2D eigenvalue weighted by Gasteiger charge is -2.23. The molecule has 11 heteroatoms. The highest BCUT2D eigenvalue weighted by Gasteiger charge is 2.23. The zero-order valence-electron chi connectivity index (χ0n) is 17.3. The number of ether oxygens (including phenoxy) is 1. The van der Waals surface area contributed by atoms with E-state index >= 15 is 0 Å². The van der Waals surface area contributed by atoms with Gasteiger partial charge in [0.15, 0.2) is 11.3 Å². The molecule has 0 radical (unpaired) electrons. The minimum absolute atomic E-state index is 0.187. The fraction of sp³-hybridized carbons (Fsp3) is 0.190. The number of fused-ring (bicyclic) bond motifs is 1. The first kappa shape index (κ1) is 21.4. The van der Waals surface area contributed by atoms with Gasteiger partial charge in [-0.25, -0.2) is 0 Å². The van der Waals surface area contributed by atoms with Crippen molar-refractivity contribution in [3.05, 3.63) is 54.4 Å². The molecule has 3 amide bonds. The van der Waals surface area contributed by atoms with Crippen molar-refractivity contribution in [3.8, 4) is 5.75 Å². The predicted molar refractivity (Wildman–Crippen MR) is 120 cm³/mol. The SMILES string of the molecule is CC1Oc2ccc(NC(=O)c3ccc(NC(=O)CSc4nncn4C)cc3)cc2NC1=O. The maximum Gasteiger partial charge on any atom is 0.265 e. The summed E-state index contributed by atoms with van der Waals surface area (Å²) in [6.07, 6.45) is 1.01. The Morgan fingerprint density at radius 3 is 2.62 bits per heavy atom. The second-order valence-electron chi connectivity index (χ2n) is 7.05. The van der Waals surface area contributed by atoms with Gasteiger partial charge in [-0.1, -0.05) is 11.8 Å². The van der Waals surface area contributed by atoms with E-state index in [0.717, 1.165) is 0 Å². The van der Waals surface area contributed by atoms with Crippen LogP contribution in [0.2, 0.25) is 0 Å². The van der Waals surface area contributed by atoms with Gasteiger partial charge >= 0.3 is 0 Å². The van der Waals surface area contributed by atoms with Crippen LogP contribution < -0.4 is 20.7 Å². The van der Waals surface area contributed by atoms with Gasteiger partial charge in [0, 0.05) is 24.0 Å². The zero-order chi connectivity index (χ0) is 22.7. The fourth-order valence-electron chi connectivity index (χ4n) is 2.93. The lowest BCUT2D eigenvalue weighted by atomic mass is 10.1. The largest absolute Gasteiger partial charge is 0.479 e.